The Morgan fingerprint density at radius 1 is 1.35 bits per heavy atom. The highest BCUT2D eigenvalue weighted by Crippen LogP contribution is 2.38. The molecule has 0 bridgehead atoms. The Balaban J connectivity index is 1.77. The monoisotopic (exact) mass is 317 g/mol. The van der Waals surface area contributed by atoms with Crippen LogP contribution in [0.3, 0.4) is 0 Å². The highest BCUT2D eigenvalue weighted by molar-refractivity contribution is 9.12. The lowest BCUT2D eigenvalue weighted by Crippen LogP contribution is -2.36. The zero-order chi connectivity index (χ0) is 11.8. The van der Waals surface area contributed by atoms with E-state index in [1.165, 1.54) is 0 Å². The predicted molar refractivity (Wildman–Crippen MR) is 68.4 cm³/mol. The molecule has 1 fully saturated rings. The fourth-order valence-corrected chi connectivity index (χ4v) is 4.01. The zero-order valence-corrected chi connectivity index (χ0v) is 11.6. The summed E-state index contributed by atoms with van der Waals surface area (Å²) in [5.74, 6) is 1.59. The fourth-order valence-electron chi connectivity index (χ4n) is 2.03. The van der Waals surface area contributed by atoms with Crippen molar-refractivity contribution in [1.82, 2.24) is 4.90 Å². The van der Waals surface area contributed by atoms with Crippen molar-refractivity contribution in [3.05, 3.63) is 32.5 Å². The van der Waals surface area contributed by atoms with E-state index in [0.717, 1.165) is 47.3 Å². The number of allylic oxidation sites excluding steroid dienone is 3. The molecule has 0 aromatic carbocycles. The minimum atomic E-state index is -1.03. The Labute approximate surface area is 111 Å². The molecule has 3 heterocycles. The molecule has 0 spiro atoms. The maximum Gasteiger partial charge on any atom is 0.192 e. The molecule has 3 rings (SSSR count). The summed E-state index contributed by atoms with van der Waals surface area (Å²) in [5.41, 5.74) is 0. The van der Waals surface area contributed by atoms with Crippen LogP contribution in [0.5, 0.6) is 0 Å². The standard InChI is InChI=1S/C11H12BrNO3S/c12-8-7-17(14)9-1-2-10(16-11(8)9)13-3-5-15-6-4-13/h2,7H,1,3-6H2. The summed E-state index contributed by atoms with van der Waals surface area (Å²) in [4.78, 5) is 3.02. The van der Waals surface area contributed by atoms with Crippen LogP contribution in [0.4, 0.5) is 0 Å². The van der Waals surface area contributed by atoms with E-state index < -0.39 is 10.8 Å². The van der Waals surface area contributed by atoms with E-state index in [2.05, 4.69) is 20.8 Å². The Hall–Kier alpha value is -0.590. The van der Waals surface area contributed by atoms with Crippen LogP contribution in [0.25, 0.3) is 0 Å². The van der Waals surface area contributed by atoms with Crippen molar-refractivity contribution >= 4 is 26.7 Å². The van der Waals surface area contributed by atoms with Crippen LogP contribution in [0.15, 0.2) is 32.5 Å². The average Bonchev–Trinajstić information content (AvgIpc) is 2.66. The van der Waals surface area contributed by atoms with Crippen molar-refractivity contribution < 1.29 is 13.7 Å². The number of hydrogen-bond donors (Lipinski definition) is 0. The largest absolute Gasteiger partial charge is 0.439 e. The first-order chi connectivity index (χ1) is 8.25. The van der Waals surface area contributed by atoms with Crippen molar-refractivity contribution in [1.29, 1.82) is 0 Å². The van der Waals surface area contributed by atoms with Gasteiger partial charge in [-0.2, -0.15) is 0 Å². The van der Waals surface area contributed by atoms with Gasteiger partial charge in [0, 0.05) is 24.9 Å². The van der Waals surface area contributed by atoms with Crippen molar-refractivity contribution in [3.8, 4) is 0 Å². The van der Waals surface area contributed by atoms with Gasteiger partial charge in [-0.05, 0) is 22.0 Å². The molecule has 3 aliphatic rings. The van der Waals surface area contributed by atoms with Crippen LogP contribution >= 0.6 is 15.9 Å². The number of rotatable bonds is 1. The lowest BCUT2D eigenvalue weighted by Gasteiger charge is -2.32. The molecule has 3 aliphatic heterocycles. The predicted octanol–water partition coefficient (Wildman–Crippen LogP) is 1.79. The summed E-state index contributed by atoms with van der Waals surface area (Å²) in [6, 6.07) is 0. The van der Waals surface area contributed by atoms with Gasteiger partial charge in [0.2, 0.25) is 0 Å². The van der Waals surface area contributed by atoms with Gasteiger partial charge in [-0.3, -0.25) is 0 Å². The summed E-state index contributed by atoms with van der Waals surface area (Å²) in [7, 11) is -1.03. The van der Waals surface area contributed by atoms with Gasteiger partial charge in [0.25, 0.3) is 0 Å². The van der Waals surface area contributed by atoms with E-state index in [1.807, 2.05) is 6.08 Å². The van der Waals surface area contributed by atoms with Crippen LogP contribution in [-0.2, 0) is 20.3 Å². The van der Waals surface area contributed by atoms with Gasteiger partial charge in [-0.1, -0.05) is 0 Å². The highest BCUT2D eigenvalue weighted by Gasteiger charge is 2.29. The third kappa shape index (κ3) is 2.09. The first kappa shape index (κ1) is 11.5. The number of halogens is 1. The summed E-state index contributed by atoms with van der Waals surface area (Å²) >= 11 is 3.39. The summed E-state index contributed by atoms with van der Waals surface area (Å²) in [6.45, 7) is 3.16. The second-order valence-electron chi connectivity index (χ2n) is 3.96. The number of nitrogens with zero attached hydrogens (tertiary/aromatic N) is 1. The zero-order valence-electron chi connectivity index (χ0n) is 9.15. The third-order valence-electron chi connectivity index (χ3n) is 2.91. The third-order valence-corrected chi connectivity index (χ3v) is 5.09. The van der Waals surface area contributed by atoms with Gasteiger partial charge in [0.15, 0.2) is 11.6 Å². The SMILES string of the molecule is O=S1C=C(Br)C2=C1CC=C(N1CCOCC1)O2. The molecule has 0 saturated carbocycles. The van der Waals surface area contributed by atoms with Crippen LogP contribution < -0.4 is 0 Å². The van der Waals surface area contributed by atoms with E-state index in [-0.39, 0.29) is 0 Å². The van der Waals surface area contributed by atoms with Gasteiger partial charge in [0.05, 0.1) is 33.4 Å². The number of hydrogen-bond acceptors (Lipinski definition) is 4. The van der Waals surface area contributed by atoms with Crippen molar-refractivity contribution in [2.75, 3.05) is 26.3 Å². The van der Waals surface area contributed by atoms with Gasteiger partial charge in [0.1, 0.15) is 0 Å². The minimum Gasteiger partial charge on any atom is -0.439 e. The molecular formula is C11H12BrNO3S. The topological polar surface area (TPSA) is 38.8 Å². The Bertz CT molecular complexity index is 463. The van der Waals surface area contributed by atoms with Gasteiger partial charge < -0.3 is 14.4 Å². The molecule has 1 unspecified atom stereocenters. The number of ether oxygens (including phenoxy) is 2. The second-order valence-corrected chi connectivity index (χ2v) is 6.14. The maximum absolute atomic E-state index is 11.7. The number of morpholine rings is 1. The van der Waals surface area contributed by atoms with Crippen LogP contribution in [0.1, 0.15) is 6.42 Å². The summed E-state index contributed by atoms with van der Waals surface area (Å²) in [6.07, 6.45) is 2.70. The van der Waals surface area contributed by atoms with Crippen LogP contribution in [0, 0.1) is 0 Å². The molecule has 0 aromatic rings. The first-order valence-corrected chi connectivity index (χ1v) is 7.48. The molecule has 0 N–H and O–H groups in total. The summed E-state index contributed by atoms with van der Waals surface area (Å²) < 4.78 is 23.6. The molecule has 92 valence electrons. The molecule has 1 atom stereocenters. The molecule has 1 saturated heterocycles. The van der Waals surface area contributed by atoms with E-state index in [0.29, 0.717) is 6.42 Å². The van der Waals surface area contributed by atoms with Gasteiger partial charge in [-0.25, -0.2) is 4.21 Å². The van der Waals surface area contributed by atoms with Crippen LogP contribution in [0.2, 0.25) is 0 Å². The fraction of sp³-hybridized carbons (Fsp3) is 0.455. The average molecular weight is 318 g/mol. The van der Waals surface area contributed by atoms with Crippen molar-refractivity contribution in [2.45, 2.75) is 6.42 Å². The maximum atomic E-state index is 11.7. The molecule has 4 nitrogen and oxygen atoms in total. The van der Waals surface area contributed by atoms with Gasteiger partial charge >= 0.3 is 0 Å². The van der Waals surface area contributed by atoms with Gasteiger partial charge in [-0.15, -0.1) is 0 Å². The van der Waals surface area contributed by atoms with E-state index >= 15 is 0 Å². The van der Waals surface area contributed by atoms with E-state index in [4.69, 9.17) is 9.47 Å². The Morgan fingerprint density at radius 3 is 2.88 bits per heavy atom. The quantitative estimate of drug-likeness (QED) is 0.739. The highest BCUT2D eigenvalue weighted by atomic mass is 79.9. The molecule has 0 radical (unpaired) electrons. The second kappa shape index (κ2) is 4.59. The van der Waals surface area contributed by atoms with Crippen LogP contribution in [-0.4, -0.2) is 35.4 Å². The Morgan fingerprint density at radius 2 is 2.12 bits per heavy atom. The first-order valence-electron chi connectivity index (χ1n) is 5.48. The van der Waals surface area contributed by atoms with E-state index in [9.17, 15) is 4.21 Å². The molecular weight excluding hydrogens is 306 g/mol. The van der Waals surface area contributed by atoms with Crippen molar-refractivity contribution in [2.24, 2.45) is 0 Å². The minimum absolute atomic E-state index is 0.695. The Kier molecular flexibility index (Phi) is 3.10. The molecule has 0 amide bonds. The molecule has 6 heteroatoms. The molecule has 0 aromatic heterocycles. The smallest absolute Gasteiger partial charge is 0.192 e. The normalized spacial score (nSPS) is 28.5. The molecule has 0 aliphatic carbocycles. The lowest BCUT2D eigenvalue weighted by atomic mass is 10.2. The summed E-state index contributed by atoms with van der Waals surface area (Å²) in [5, 5.41) is 1.68. The lowest BCUT2D eigenvalue weighted by molar-refractivity contribution is 0.0252. The van der Waals surface area contributed by atoms with E-state index in [1.54, 1.807) is 5.41 Å². The van der Waals surface area contributed by atoms with Crippen molar-refractivity contribution in [3.63, 3.8) is 0 Å². The molecule has 17 heavy (non-hydrogen) atoms.